The van der Waals surface area contributed by atoms with Crippen molar-refractivity contribution in [1.29, 1.82) is 0 Å². The molecule has 0 atom stereocenters. The molecule has 6 nitrogen and oxygen atoms in total. The molecule has 0 radical (unpaired) electrons. The second kappa shape index (κ2) is 6.45. The lowest BCUT2D eigenvalue weighted by molar-refractivity contribution is -0.141. The van der Waals surface area contributed by atoms with Gasteiger partial charge in [-0.1, -0.05) is 13.5 Å². The number of halogens is 3. The van der Waals surface area contributed by atoms with E-state index in [4.69, 9.17) is 0 Å². The lowest BCUT2D eigenvalue weighted by Crippen LogP contribution is -2.08. The van der Waals surface area contributed by atoms with Crippen LogP contribution in [0.2, 0.25) is 0 Å². The number of hydrogen-bond acceptors (Lipinski definition) is 5. The second-order valence-corrected chi connectivity index (χ2v) is 8.12. The Labute approximate surface area is 153 Å². The van der Waals surface area contributed by atoms with Crippen LogP contribution in [0.1, 0.15) is 25.2 Å². The maximum atomic E-state index is 12.9. The molecular weight excluding hydrogens is 381 g/mol. The fourth-order valence-corrected chi connectivity index (χ4v) is 3.46. The van der Waals surface area contributed by atoms with Crippen LogP contribution < -0.4 is 0 Å². The number of allylic oxidation sites excluding steroid dienone is 1. The number of rotatable bonds is 4. The van der Waals surface area contributed by atoms with E-state index < -0.39 is 21.7 Å². The molecule has 0 aliphatic heterocycles. The molecule has 0 amide bonds. The minimum absolute atomic E-state index is 0.0394. The summed E-state index contributed by atoms with van der Waals surface area (Å²) in [6.45, 7) is 6.99. The van der Waals surface area contributed by atoms with E-state index in [0.717, 1.165) is 10.6 Å². The summed E-state index contributed by atoms with van der Waals surface area (Å²) in [7, 11) is -3.63. The molecule has 0 unspecified atom stereocenters. The molecule has 0 aliphatic carbocycles. The summed E-state index contributed by atoms with van der Waals surface area (Å²) in [5.74, 6) is -0.152. The SMILES string of the molecule is C=C(C)c1ccc(S(=O)(=O)CC)c(-c2ccn3nc(C(F)(F)F)cc3n2)n1. The summed E-state index contributed by atoms with van der Waals surface area (Å²) in [6, 6.07) is 5.11. The first-order valence-corrected chi connectivity index (χ1v) is 9.52. The van der Waals surface area contributed by atoms with Crippen molar-refractivity contribution in [2.75, 3.05) is 5.75 Å². The summed E-state index contributed by atoms with van der Waals surface area (Å²) in [5.41, 5.74) is 0.118. The van der Waals surface area contributed by atoms with Crippen molar-refractivity contribution < 1.29 is 21.6 Å². The van der Waals surface area contributed by atoms with E-state index in [0.29, 0.717) is 11.3 Å². The average molecular weight is 396 g/mol. The Morgan fingerprint density at radius 1 is 1.22 bits per heavy atom. The van der Waals surface area contributed by atoms with Gasteiger partial charge < -0.3 is 0 Å². The van der Waals surface area contributed by atoms with E-state index in [2.05, 4.69) is 21.6 Å². The van der Waals surface area contributed by atoms with Crippen molar-refractivity contribution >= 4 is 21.1 Å². The predicted molar refractivity (Wildman–Crippen MR) is 93.7 cm³/mol. The number of sulfone groups is 1. The lowest BCUT2D eigenvalue weighted by atomic mass is 10.2. The Morgan fingerprint density at radius 2 is 1.93 bits per heavy atom. The molecule has 3 aromatic rings. The molecule has 0 N–H and O–H groups in total. The van der Waals surface area contributed by atoms with Crippen LogP contribution in [0.5, 0.6) is 0 Å². The monoisotopic (exact) mass is 396 g/mol. The highest BCUT2D eigenvalue weighted by atomic mass is 32.2. The standard InChI is InChI=1S/C17H15F3N4O2S/c1-4-27(25,26)13-6-5-11(10(2)3)22-16(13)12-7-8-24-15(21-12)9-14(23-24)17(18,19)20/h5-9H,2,4H2,1,3H3. The summed E-state index contributed by atoms with van der Waals surface area (Å²) >= 11 is 0. The Bertz CT molecular complexity index is 1150. The maximum Gasteiger partial charge on any atom is 0.435 e. The number of pyridine rings is 1. The van der Waals surface area contributed by atoms with Crippen molar-refractivity contribution in [3.8, 4) is 11.4 Å². The molecule has 0 spiro atoms. The van der Waals surface area contributed by atoms with Crippen LogP contribution in [-0.2, 0) is 16.0 Å². The van der Waals surface area contributed by atoms with Crippen LogP contribution in [0.25, 0.3) is 22.6 Å². The van der Waals surface area contributed by atoms with Crippen molar-refractivity contribution in [2.24, 2.45) is 0 Å². The average Bonchev–Trinajstić information content (AvgIpc) is 3.04. The first kappa shape index (κ1) is 19.0. The molecule has 27 heavy (non-hydrogen) atoms. The highest BCUT2D eigenvalue weighted by Crippen LogP contribution is 2.30. The molecule has 0 bridgehead atoms. The van der Waals surface area contributed by atoms with Crippen LogP contribution in [-0.4, -0.2) is 33.8 Å². The molecule has 10 heteroatoms. The predicted octanol–water partition coefficient (Wildman–Crippen LogP) is 3.64. The van der Waals surface area contributed by atoms with Crippen LogP contribution in [0.3, 0.4) is 0 Å². The summed E-state index contributed by atoms with van der Waals surface area (Å²) in [5, 5.41) is 3.43. The van der Waals surface area contributed by atoms with E-state index in [1.165, 1.54) is 31.3 Å². The van der Waals surface area contributed by atoms with Crippen molar-refractivity contribution in [1.82, 2.24) is 19.6 Å². The molecule has 3 heterocycles. The molecular formula is C17H15F3N4O2S. The minimum atomic E-state index is -4.61. The maximum absolute atomic E-state index is 12.9. The van der Waals surface area contributed by atoms with E-state index in [1.54, 1.807) is 6.92 Å². The minimum Gasteiger partial charge on any atom is -0.245 e. The third-order valence-corrected chi connectivity index (χ3v) is 5.63. The third kappa shape index (κ3) is 3.57. The largest absolute Gasteiger partial charge is 0.435 e. The number of fused-ring (bicyclic) bond motifs is 1. The van der Waals surface area contributed by atoms with Gasteiger partial charge in [0.05, 0.1) is 22.0 Å². The van der Waals surface area contributed by atoms with Gasteiger partial charge in [-0.3, -0.25) is 0 Å². The molecule has 0 aromatic carbocycles. The smallest absolute Gasteiger partial charge is 0.245 e. The van der Waals surface area contributed by atoms with Gasteiger partial charge in [0, 0.05) is 12.3 Å². The fourth-order valence-electron chi connectivity index (χ4n) is 2.42. The van der Waals surface area contributed by atoms with Crippen LogP contribution in [0.15, 0.2) is 41.9 Å². The summed E-state index contributed by atoms with van der Waals surface area (Å²) in [6.07, 6.45) is -3.33. The molecule has 3 rings (SSSR count). The number of hydrogen-bond donors (Lipinski definition) is 0. The second-order valence-electron chi connectivity index (χ2n) is 5.87. The molecule has 3 aromatic heterocycles. The first-order valence-electron chi connectivity index (χ1n) is 7.86. The van der Waals surface area contributed by atoms with Gasteiger partial charge >= 0.3 is 6.18 Å². The zero-order chi connectivity index (χ0) is 20.0. The molecule has 0 saturated carbocycles. The van der Waals surface area contributed by atoms with Crippen LogP contribution in [0.4, 0.5) is 13.2 Å². The summed E-state index contributed by atoms with van der Waals surface area (Å²) < 4.78 is 64.4. The van der Waals surface area contributed by atoms with Gasteiger partial charge in [-0.2, -0.15) is 18.3 Å². The molecule has 0 saturated heterocycles. The van der Waals surface area contributed by atoms with E-state index >= 15 is 0 Å². The number of alkyl halides is 3. The lowest BCUT2D eigenvalue weighted by Gasteiger charge is -2.10. The number of aromatic nitrogens is 4. The fraction of sp³-hybridized carbons (Fsp3) is 0.235. The quantitative estimate of drug-likeness (QED) is 0.673. The van der Waals surface area contributed by atoms with Gasteiger partial charge in [0.1, 0.15) is 5.69 Å². The number of nitrogens with zero attached hydrogens (tertiary/aromatic N) is 4. The molecule has 0 aliphatic rings. The van der Waals surface area contributed by atoms with E-state index in [9.17, 15) is 21.6 Å². The van der Waals surface area contributed by atoms with Gasteiger partial charge in [0.2, 0.25) is 0 Å². The van der Waals surface area contributed by atoms with Crippen LogP contribution in [0, 0.1) is 0 Å². The topological polar surface area (TPSA) is 77.2 Å². The van der Waals surface area contributed by atoms with Gasteiger partial charge in [0.15, 0.2) is 21.2 Å². The highest BCUT2D eigenvalue weighted by Gasteiger charge is 2.34. The Hall–Kier alpha value is -2.75. The van der Waals surface area contributed by atoms with Gasteiger partial charge in [-0.15, -0.1) is 0 Å². The molecule has 142 valence electrons. The van der Waals surface area contributed by atoms with Gasteiger partial charge in [-0.25, -0.2) is 22.9 Å². The Kier molecular flexibility index (Phi) is 4.54. The first-order chi connectivity index (χ1) is 12.5. The van der Waals surface area contributed by atoms with Crippen LogP contribution >= 0.6 is 0 Å². The van der Waals surface area contributed by atoms with E-state index in [-0.39, 0.29) is 27.7 Å². The zero-order valence-electron chi connectivity index (χ0n) is 14.4. The van der Waals surface area contributed by atoms with E-state index in [1.807, 2.05) is 0 Å². The van der Waals surface area contributed by atoms with Gasteiger partial charge in [0.25, 0.3) is 0 Å². The van der Waals surface area contributed by atoms with Gasteiger partial charge in [-0.05, 0) is 30.7 Å². The van der Waals surface area contributed by atoms with Crippen molar-refractivity contribution in [2.45, 2.75) is 24.9 Å². The summed E-state index contributed by atoms with van der Waals surface area (Å²) in [4.78, 5) is 8.42. The van der Waals surface area contributed by atoms with Crippen molar-refractivity contribution in [3.63, 3.8) is 0 Å². The Morgan fingerprint density at radius 3 is 2.52 bits per heavy atom. The van der Waals surface area contributed by atoms with Crippen molar-refractivity contribution in [3.05, 3.63) is 48.4 Å². The highest BCUT2D eigenvalue weighted by molar-refractivity contribution is 7.91. The Balaban J connectivity index is 2.25. The normalized spacial score (nSPS) is 12.5. The molecule has 0 fully saturated rings. The zero-order valence-corrected chi connectivity index (χ0v) is 15.3. The third-order valence-electron chi connectivity index (χ3n) is 3.87.